The average Bonchev–Trinajstić information content (AvgIpc) is 3.04. The van der Waals surface area contributed by atoms with Crippen LogP contribution in [0.15, 0.2) is 0 Å². The van der Waals surface area contributed by atoms with Gasteiger partial charge in [-0.2, -0.15) is 11.8 Å². The van der Waals surface area contributed by atoms with Gasteiger partial charge in [0.2, 0.25) is 0 Å². The summed E-state index contributed by atoms with van der Waals surface area (Å²) in [6, 6.07) is 0.447. The highest BCUT2D eigenvalue weighted by atomic mass is 32.2. The van der Waals surface area contributed by atoms with E-state index in [-0.39, 0.29) is 12.0 Å². The Morgan fingerprint density at radius 1 is 1.38 bits per heavy atom. The van der Waals surface area contributed by atoms with Gasteiger partial charge in [-0.25, -0.2) is 0 Å². The molecule has 4 heteroatoms. The van der Waals surface area contributed by atoms with Crippen LogP contribution in [0.2, 0.25) is 0 Å². The van der Waals surface area contributed by atoms with Gasteiger partial charge in [0, 0.05) is 11.3 Å². The Bertz CT molecular complexity index is 255. The Labute approximate surface area is 102 Å². The molecule has 16 heavy (non-hydrogen) atoms. The summed E-state index contributed by atoms with van der Waals surface area (Å²) < 4.78 is 4.88. The minimum atomic E-state index is -0.0748. The molecule has 92 valence electrons. The Kier molecular flexibility index (Phi) is 4.14. The van der Waals surface area contributed by atoms with Crippen LogP contribution in [0.3, 0.4) is 0 Å². The smallest absolute Gasteiger partial charge is 0.323 e. The number of ether oxygens (including phenoxy) is 1. The first-order valence-electron chi connectivity index (χ1n) is 6.13. The molecule has 0 aliphatic heterocycles. The van der Waals surface area contributed by atoms with Gasteiger partial charge < -0.3 is 10.1 Å². The monoisotopic (exact) mass is 243 g/mol. The van der Waals surface area contributed by atoms with E-state index in [2.05, 4.69) is 11.6 Å². The number of thioether (sulfide) groups is 1. The maximum absolute atomic E-state index is 11.7. The van der Waals surface area contributed by atoms with Crippen molar-refractivity contribution >= 4 is 17.7 Å². The fraction of sp³-hybridized carbons (Fsp3) is 0.917. The predicted octanol–water partition coefficient (Wildman–Crippen LogP) is 1.81. The van der Waals surface area contributed by atoms with Crippen molar-refractivity contribution in [2.24, 2.45) is 5.92 Å². The molecular weight excluding hydrogens is 222 g/mol. The molecule has 0 radical (unpaired) electrons. The second kappa shape index (κ2) is 5.41. The second-order valence-electron chi connectivity index (χ2n) is 4.82. The summed E-state index contributed by atoms with van der Waals surface area (Å²) in [5, 5.41) is 4.21. The number of nitrogens with one attached hydrogen (secondary N) is 1. The lowest BCUT2D eigenvalue weighted by atomic mass is 10.1. The molecule has 0 amide bonds. The molecule has 0 heterocycles. The van der Waals surface area contributed by atoms with Crippen LogP contribution in [-0.2, 0) is 9.53 Å². The zero-order chi connectivity index (χ0) is 11.5. The maximum Gasteiger partial charge on any atom is 0.323 e. The van der Waals surface area contributed by atoms with Crippen molar-refractivity contribution in [1.29, 1.82) is 0 Å². The molecule has 3 atom stereocenters. The van der Waals surface area contributed by atoms with Crippen molar-refractivity contribution in [3.8, 4) is 0 Å². The quantitative estimate of drug-likeness (QED) is 0.747. The summed E-state index contributed by atoms with van der Waals surface area (Å²) in [6.07, 6.45) is 8.26. The van der Waals surface area contributed by atoms with Gasteiger partial charge in [-0.1, -0.05) is 6.42 Å². The zero-order valence-corrected chi connectivity index (χ0v) is 10.9. The number of carbonyl (C=O) groups excluding carboxylic acids is 1. The van der Waals surface area contributed by atoms with Gasteiger partial charge in [0.15, 0.2) is 0 Å². The Hall–Kier alpha value is -0.220. The van der Waals surface area contributed by atoms with Crippen LogP contribution < -0.4 is 5.32 Å². The molecule has 1 N–H and O–H groups in total. The Balaban J connectivity index is 1.91. The van der Waals surface area contributed by atoms with E-state index in [9.17, 15) is 4.79 Å². The number of hydrogen-bond donors (Lipinski definition) is 1. The van der Waals surface area contributed by atoms with Crippen LogP contribution in [0, 0.1) is 5.92 Å². The van der Waals surface area contributed by atoms with E-state index < -0.39 is 0 Å². The van der Waals surface area contributed by atoms with Crippen molar-refractivity contribution in [2.75, 3.05) is 13.4 Å². The Morgan fingerprint density at radius 3 is 2.69 bits per heavy atom. The lowest BCUT2D eigenvalue weighted by Gasteiger charge is -2.24. The minimum Gasteiger partial charge on any atom is -0.468 e. The summed E-state index contributed by atoms with van der Waals surface area (Å²) in [4.78, 5) is 11.7. The minimum absolute atomic E-state index is 0.0530. The third kappa shape index (κ3) is 2.72. The van der Waals surface area contributed by atoms with Crippen molar-refractivity contribution in [1.82, 2.24) is 5.32 Å². The molecule has 2 fully saturated rings. The van der Waals surface area contributed by atoms with Gasteiger partial charge in [0.25, 0.3) is 0 Å². The molecule has 0 aromatic carbocycles. The lowest BCUT2D eigenvalue weighted by Crippen LogP contribution is -2.47. The molecule has 3 nitrogen and oxygen atoms in total. The summed E-state index contributed by atoms with van der Waals surface area (Å²) in [7, 11) is 1.49. The molecule has 2 aliphatic rings. The number of methoxy groups -OCH3 is 1. The molecule has 2 saturated carbocycles. The van der Waals surface area contributed by atoms with Crippen LogP contribution in [-0.4, -0.2) is 36.7 Å². The summed E-state index contributed by atoms with van der Waals surface area (Å²) in [5.74, 6) is 0.449. The molecule has 0 bridgehead atoms. The highest BCUT2D eigenvalue weighted by Gasteiger charge is 2.40. The SMILES string of the molecule is COC(=O)C(NC1CCCC1SC)C1CC1. The van der Waals surface area contributed by atoms with Crippen molar-refractivity contribution < 1.29 is 9.53 Å². The van der Waals surface area contributed by atoms with Gasteiger partial charge in [0.1, 0.15) is 6.04 Å². The summed E-state index contributed by atoms with van der Waals surface area (Å²) >= 11 is 1.92. The van der Waals surface area contributed by atoms with Gasteiger partial charge >= 0.3 is 5.97 Å². The van der Waals surface area contributed by atoms with Crippen molar-refractivity contribution in [3.63, 3.8) is 0 Å². The molecule has 2 rings (SSSR count). The molecule has 2 aliphatic carbocycles. The first-order chi connectivity index (χ1) is 7.76. The van der Waals surface area contributed by atoms with E-state index in [1.165, 1.54) is 39.2 Å². The molecule has 0 aromatic rings. The number of rotatable bonds is 5. The van der Waals surface area contributed by atoms with Crippen molar-refractivity contribution in [2.45, 2.75) is 49.4 Å². The second-order valence-corrected chi connectivity index (χ2v) is 5.89. The summed E-state index contributed by atoms with van der Waals surface area (Å²) in [6.45, 7) is 0. The largest absolute Gasteiger partial charge is 0.468 e. The number of esters is 1. The van der Waals surface area contributed by atoms with Crippen molar-refractivity contribution in [3.05, 3.63) is 0 Å². The normalized spacial score (nSPS) is 31.4. The fourth-order valence-electron chi connectivity index (χ4n) is 2.58. The van der Waals surface area contributed by atoms with Crippen LogP contribution >= 0.6 is 11.8 Å². The van der Waals surface area contributed by atoms with Crippen LogP contribution in [0.1, 0.15) is 32.1 Å². The average molecular weight is 243 g/mol. The predicted molar refractivity (Wildman–Crippen MR) is 66.6 cm³/mol. The number of hydrogen-bond acceptors (Lipinski definition) is 4. The third-order valence-corrected chi connectivity index (χ3v) is 4.87. The van der Waals surface area contributed by atoms with Gasteiger partial charge in [-0.05, 0) is 37.9 Å². The fourth-order valence-corrected chi connectivity index (χ4v) is 3.53. The van der Waals surface area contributed by atoms with E-state index in [0.717, 1.165) is 0 Å². The third-order valence-electron chi connectivity index (χ3n) is 3.70. The summed E-state index contributed by atoms with van der Waals surface area (Å²) in [5.41, 5.74) is 0. The standard InChI is InChI=1S/C12H21NO2S/c1-15-12(14)11(8-6-7-8)13-9-4-3-5-10(9)16-2/h8-11,13H,3-7H2,1-2H3. The molecule has 0 saturated heterocycles. The maximum atomic E-state index is 11.7. The molecule has 3 unspecified atom stereocenters. The van der Waals surface area contributed by atoms with E-state index in [1.54, 1.807) is 0 Å². The highest BCUT2D eigenvalue weighted by Crippen LogP contribution is 2.35. The van der Waals surface area contributed by atoms with E-state index >= 15 is 0 Å². The van der Waals surface area contributed by atoms with E-state index in [4.69, 9.17) is 4.74 Å². The molecule has 0 spiro atoms. The van der Waals surface area contributed by atoms with E-state index in [0.29, 0.717) is 17.2 Å². The molecular formula is C12H21NO2S. The van der Waals surface area contributed by atoms with E-state index in [1.807, 2.05) is 11.8 Å². The van der Waals surface area contributed by atoms with Gasteiger partial charge in [-0.15, -0.1) is 0 Å². The first kappa shape index (κ1) is 12.2. The first-order valence-corrected chi connectivity index (χ1v) is 7.41. The molecule has 0 aromatic heterocycles. The highest BCUT2D eigenvalue weighted by molar-refractivity contribution is 7.99. The lowest BCUT2D eigenvalue weighted by molar-refractivity contribution is -0.143. The Morgan fingerprint density at radius 2 is 2.12 bits per heavy atom. The number of carbonyl (C=O) groups is 1. The van der Waals surface area contributed by atoms with Crippen LogP contribution in [0.25, 0.3) is 0 Å². The zero-order valence-electron chi connectivity index (χ0n) is 10.1. The van der Waals surface area contributed by atoms with Gasteiger partial charge in [0.05, 0.1) is 7.11 Å². The van der Waals surface area contributed by atoms with Gasteiger partial charge in [-0.3, -0.25) is 4.79 Å². The van der Waals surface area contributed by atoms with Crippen LogP contribution in [0.4, 0.5) is 0 Å². The topological polar surface area (TPSA) is 38.3 Å². The van der Waals surface area contributed by atoms with Crippen LogP contribution in [0.5, 0.6) is 0 Å².